The third-order valence-corrected chi connectivity index (χ3v) is 2.41. The first-order chi connectivity index (χ1) is 6.41. The van der Waals surface area contributed by atoms with Crippen LogP contribution in [0.2, 0.25) is 0 Å². The lowest BCUT2D eigenvalue weighted by molar-refractivity contribution is 0.385. The molecule has 0 saturated heterocycles. The van der Waals surface area contributed by atoms with Gasteiger partial charge in [0, 0.05) is 12.1 Å². The van der Waals surface area contributed by atoms with Crippen molar-refractivity contribution in [3.63, 3.8) is 0 Å². The van der Waals surface area contributed by atoms with Crippen molar-refractivity contribution in [1.82, 2.24) is 5.32 Å². The van der Waals surface area contributed by atoms with Gasteiger partial charge >= 0.3 is 0 Å². The molecular formula is C12H28N2. The monoisotopic (exact) mass is 200 g/mol. The number of rotatable bonds is 7. The third-order valence-electron chi connectivity index (χ3n) is 2.41. The summed E-state index contributed by atoms with van der Waals surface area (Å²) in [7, 11) is 0. The van der Waals surface area contributed by atoms with Crippen LogP contribution in [0.15, 0.2) is 0 Å². The van der Waals surface area contributed by atoms with Gasteiger partial charge in [-0.1, -0.05) is 20.8 Å². The molecule has 0 rings (SSSR count). The van der Waals surface area contributed by atoms with Crippen LogP contribution in [-0.4, -0.2) is 18.6 Å². The minimum atomic E-state index is 0.326. The van der Waals surface area contributed by atoms with Gasteiger partial charge in [-0.25, -0.2) is 0 Å². The van der Waals surface area contributed by atoms with Crippen molar-refractivity contribution in [2.75, 3.05) is 6.54 Å². The fraction of sp³-hybridized carbons (Fsp3) is 1.00. The first kappa shape index (κ1) is 13.9. The van der Waals surface area contributed by atoms with E-state index < -0.39 is 0 Å². The fourth-order valence-corrected chi connectivity index (χ4v) is 1.91. The number of hydrogen-bond acceptors (Lipinski definition) is 2. The molecule has 0 heterocycles. The Bertz CT molecular complexity index is 116. The molecule has 0 saturated carbocycles. The van der Waals surface area contributed by atoms with Gasteiger partial charge in [0.2, 0.25) is 0 Å². The maximum absolute atomic E-state index is 5.75. The van der Waals surface area contributed by atoms with Crippen LogP contribution in [-0.2, 0) is 0 Å². The fourth-order valence-electron chi connectivity index (χ4n) is 1.91. The third kappa shape index (κ3) is 8.52. The zero-order valence-electron chi connectivity index (χ0n) is 10.5. The van der Waals surface area contributed by atoms with Crippen LogP contribution in [0.25, 0.3) is 0 Å². The summed E-state index contributed by atoms with van der Waals surface area (Å²) in [4.78, 5) is 0. The van der Waals surface area contributed by atoms with E-state index >= 15 is 0 Å². The summed E-state index contributed by atoms with van der Waals surface area (Å²) >= 11 is 0. The van der Waals surface area contributed by atoms with Gasteiger partial charge in [0.1, 0.15) is 0 Å². The molecule has 0 bridgehead atoms. The van der Waals surface area contributed by atoms with Crippen LogP contribution in [0.5, 0.6) is 0 Å². The molecule has 86 valence electrons. The smallest absolute Gasteiger partial charge is 0.00412 e. The van der Waals surface area contributed by atoms with E-state index in [1.54, 1.807) is 0 Å². The summed E-state index contributed by atoms with van der Waals surface area (Å²) in [5.74, 6) is 1.46. The minimum Gasteiger partial charge on any atom is -0.328 e. The van der Waals surface area contributed by atoms with E-state index in [0.717, 1.165) is 18.9 Å². The molecule has 0 aliphatic rings. The number of nitrogens with two attached hydrogens (primary N) is 1. The van der Waals surface area contributed by atoms with E-state index in [1.165, 1.54) is 6.42 Å². The molecule has 2 heteroatoms. The van der Waals surface area contributed by atoms with Gasteiger partial charge in [-0.05, 0) is 45.1 Å². The van der Waals surface area contributed by atoms with Crippen LogP contribution < -0.4 is 11.1 Å². The summed E-state index contributed by atoms with van der Waals surface area (Å²) < 4.78 is 0. The van der Waals surface area contributed by atoms with Crippen LogP contribution in [0, 0.1) is 11.8 Å². The summed E-state index contributed by atoms with van der Waals surface area (Å²) in [6.07, 6.45) is 2.37. The molecule has 3 N–H and O–H groups in total. The van der Waals surface area contributed by atoms with Crippen LogP contribution >= 0.6 is 0 Å². The first-order valence-electron chi connectivity index (χ1n) is 5.90. The summed E-state index contributed by atoms with van der Waals surface area (Å²) in [5, 5.41) is 3.56. The lowest BCUT2D eigenvalue weighted by atomic mass is 10.0. The zero-order valence-corrected chi connectivity index (χ0v) is 10.5. The van der Waals surface area contributed by atoms with Gasteiger partial charge in [-0.3, -0.25) is 0 Å². The first-order valence-corrected chi connectivity index (χ1v) is 5.90. The average Bonchev–Trinajstić information content (AvgIpc) is 1.98. The van der Waals surface area contributed by atoms with Crippen molar-refractivity contribution >= 4 is 0 Å². The standard InChI is InChI=1S/C12H28N2/c1-9(2)6-12(5)14-8-10(3)7-11(4)13/h9-12,14H,6-8,13H2,1-5H3/t10?,11-,12+/m1/s1. The van der Waals surface area contributed by atoms with Gasteiger partial charge in [-0.15, -0.1) is 0 Å². The Labute approximate surface area is 89.6 Å². The van der Waals surface area contributed by atoms with Crippen LogP contribution in [0.1, 0.15) is 47.5 Å². The number of hydrogen-bond donors (Lipinski definition) is 2. The molecule has 0 aliphatic carbocycles. The molecule has 2 nitrogen and oxygen atoms in total. The van der Waals surface area contributed by atoms with Gasteiger partial charge in [-0.2, -0.15) is 0 Å². The predicted octanol–water partition coefficient (Wildman–Crippen LogP) is 2.38. The molecule has 0 radical (unpaired) electrons. The van der Waals surface area contributed by atoms with Gasteiger partial charge in [0.25, 0.3) is 0 Å². The quantitative estimate of drug-likeness (QED) is 0.662. The minimum absolute atomic E-state index is 0.326. The second-order valence-corrected chi connectivity index (χ2v) is 5.26. The molecule has 0 fully saturated rings. The van der Waals surface area contributed by atoms with Crippen LogP contribution in [0.3, 0.4) is 0 Å². The Morgan fingerprint density at radius 3 is 2.00 bits per heavy atom. The Balaban J connectivity index is 3.50. The molecule has 0 aromatic heterocycles. The summed E-state index contributed by atoms with van der Waals surface area (Å²) in [6.45, 7) is 12.2. The largest absolute Gasteiger partial charge is 0.328 e. The molecule has 1 unspecified atom stereocenters. The second-order valence-electron chi connectivity index (χ2n) is 5.26. The van der Waals surface area contributed by atoms with E-state index in [9.17, 15) is 0 Å². The summed E-state index contributed by atoms with van der Waals surface area (Å²) in [6, 6.07) is 0.956. The van der Waals surface area contributed by atoms with Gasteiger partial charge in [0.05, 0.1) is 0 Å². The highest BCUT2D eigenvalue weighted by Gasteiger charge is 2.08. The Kier molecular flexibility index (Phi) is 7.20. The van der Waals surface area contributed by atoms with Crippen molar-refractivity contribution in [2.45, 2.75) is 59.5 Å². The normalized spacial score (nSPS) is 18.2. The number of nitrogens with one attached hydrogen (secondary N) is 1. The molecule has 3 atom stereocenters. The lowest BCUT2D eigenvalue weighted by Gasteiger charge is -2.20. The lowest BCUT2D eigenvalue weighted by Crippen LogP contribution is -2.33. The van der Waals surface area contributed by atoms with Gasteiger partial charge < -0.3 is 11.1 Å². The van der Waals surface area contributed by atoms with E-state index in [1.807, 2.05) is 0 Å². The van der Waals surface area contributed by atoms with Crippen molar-refractivity contribution in [2.24, 2.45) is 17.6 Å². The molecule has 0 spiro atoms. The Hall–Kier alpha value is -0.0800. The Morgan fingerprint density at radius 1 is 1.00 bits per heavy atom. The summed E-state index contributed by atoms with van der Waals surface area (Å²) in [5.41, 5.74) is 5.75. The second kappa shape index (κ2) is 7.24. The zero-order chi connectivity index (χ0) is 11.1. The highest BCUT2D eigenvalue weighted by atomic mass is 14.9. The molecule has 0 amide bonds. The molecule has 0 aliphatic heterocycles. The van der Waals surface area contributed by atoms with E-state index in [4.69, 9.17) is 5.73 Å². The van der Waals surface area contributed by atoms with Crippen molar-refractivity contribution in [1.29, 1.82) is 0 Å². The molecule has 14 heavy (non-hydrogen) atoms. The molecule has 0 aromatic rings. The highest BCUT2D eigenvalue weighted by Crippen LogP contribution is 2.06. The van der Waals surface area contributed by atoms with Crippen molar-refractivity contribution in [3.05, 3.63) is 0 Å². The topological polar surface area (TPSA) is 38.0 Å². The van der Waals surface area contributed by atoms with Gasteiger partial charge in [0.15, 0.2) is 0 Å². The maximum atomic E-state index is 5.75. The SMILES string of the molecule is CC(C)C[C@H](C)NCC(C)C[C@@H](C)N. The van der Waals surface area contributed by atoms with E-state index in [0.29, 0.717) is 18.0 Å². The van der Waals surface area contributed by atoms with Crippen molar-refractivity contribution < 1.29 is 0 Å². The molecular weight excluding hydrogens is 172 g/mol. The molecule has 0 aromatic carbocycles. The highest BCUT2D eigenvalue weighted by molar-refractivity contribution is 4.67. The Morgan fingerprint density at radius 2 is 1.57 bits per heavy atom. The van der Waals surface area contributed by atoms with E-state index in [-0.39, 0.29) is 0 Å². The predicted molar refractivity (Wildman–Crippen MR) is 64.4 cm³/mol. The maximum Gasteiger partial charge on any atom is 0.00412 e. The van der Waals surface area contributed by atoms with Crippen LogP contribution in [0.4, 0.5) is 0 Å². The van der Waals surface area contributed by atoms with Crippen molar-refractivity contribution in [3.8, 4) is 0 Å². The average molecular weight is 200 g/mol. The van der Waals surface area contributed by atoms with E-state index in [2.05, 4.69) is 39.9 Å².